The molecule has 0 spiro atoms. The van der Waals surface area contributed by atoms with Crippen LogP contribution in [0.2, 0.25) is 0 Å². The van der Waals surface area contributed by atoms with Crippen molar-refractivity contribution >= 4 is 16.7 Å². The van der Waals surface area contributed by atoms with E-state index < -0.39 is 0 Å². The lowest BCUT2D eigenvalue weighted by molar-refractivity contribution is 0.628. The lowest BCUT2D eigenvalue weighted by atomic mass is 10.2. The zero-order valence-electron chi connectivity index (χ0n) is 6.12. The van der Waals surface area contributed by atoms with Gasteiger partial charge < -0.3 is 0 Å². The molecule has 0 saturated carbocycles. The third-order valence-electron chi connectivity index (χ3n) is 1.28. The van der Waals surface area contributed by atoms with Gasteiger partial charge in [-0.15, -0.1) is 0 Å². The van der Waals surface area contributed by atoms with Gasteiger partial charge in [0.1, 0.15) is 11.2 Å². The predicted molar refractivity (Wildman–Crippen MR) is 47.3 cm³/mol. The Kier molecular flexibility index (Phi) is 2.89. The first-order valence-electron chi connectivity index (χ1n) is 3.18. The van der Waals surface area contributed by atoms with Crippen LogP contribution < -0.4 is 0 Å². The Hall–Kier alpha value is -1.27. The van der Waals surface area contributed by atoms with E-state index in [1.54, 1.807) is 0 Å². The summed E-state index contributed by atoms with van der Waals surface area (Å²) in [5.41, 5.74) is 0.669. The van der Waals surface area contributed by atoms with Crippen LogP contribution >= 0.6 is 11.8 Å². The van der Waals surface area contributed by atoms with Crippen LogP contribution in [0.25, 0.3) is 4.91 Å². The van der Waals surface area contributed by atoms with Crippen molar-refractivity contribution in [3.05, 3.63) is 42.2 Å². The molecule has 0 saturated heterocycles. The first-order chi connectivity index (χ1) is 5.74. The van der Waals surface area contributed by atoms with Crippen molar-refractivity contribution in [3.63, 3.8) is 0 Å². The van der Waals surface area contributed by atoms with Gasteiger partial charge in [0.25, 0.3) is 0 Å². The maximum atomic E-state index is 12.4. The maximum absolute atomic E-state index is 12.4. The Morgan fingerprint density at radius 3 is 2.50 bits per heavy atom. The van der Waals surface area contributed by atoms with Gasteiger partial charge >= 0.3 is 0 Å². The molecule has 0 unspecified atom stereocenters. The number of nitriles is 1. The van der Waals surface area contributed by atoms with E-state index in [4.69, 9.17) is 11.8 Å². The van der Waals surface area contributed by atoms with Gasteiger partial charge in [-0.1, -0.05) is 12.1 Å². The Bertz CT molecular complexity index is 323. The molecular formula is C9H5FNS. The smallest absolute Gasteiger partial charge is 0.138 e. The van der Waals surface area contributed by atoms with Crippen molar-refractivity contribution in [1.82, 2.24) is 0 Å². The molecule has 1 radical (unpaired) electrons. The van der Waals surface area contributed by atoms with Gasteiger partial charge in [0.05, 0.1) is 0 Å². The monoisotopic (exact) mass is 178 g/mol. The molecular weight excluding hydrogens is 173 g/mol. The first-order valence-corrected chi connectivity index (χ1v) is 4.00. The number of rotatable bonds is 2. The van der Waals surface area contributed by atoms with Crippen molar-refractivity contribution in [2.75, 3.05) is 0 Å². The summed E-state index contributed by atoms with van der Waals surface area (Å²) < 4.78 is 12.4. The van der Waals surface area contributed by atoms with Crippen LogP contribution in [0.3, 0.4) is 0 Å². The van der Waals surface area contributed by atoms with Gasteiger partial charge in [-0.05, 0) is 36.0 Å². The maximum Gasteiger partial charge on any atom is 0.138 e. The summed E-state index contributed by atoms with van der Waals surface area (Å²) in [5, 5.41) is 10.1. The van der Waals surface area contributed by atoms with Crippen molar-refractivity contribution in [2.45, 2.75) is 0 Å². The fourth-order valence-electron chi connectivity index (χ4n) is 0.722. The fourth-order valence-corrected chi connectivity index (χ4v) is 1.07. The second-order valence-electron chi connectivity index (χ2n) is 2.06. The standard InChI is InChI=1S/C9H5FNS/c1-7(12-6-11)8-2-4-9(10)5-3-8/h1-5H. The van der Waals surface area contributed by atoms with E-state index in [-0.39, 0.29) is 5.82 Å². The molecule has 12 heavy (non-hydrogen) atoms. The number of nitrogens with zero attached hydrogens (tertiary/aromatic N) is 1. The zero-order chi connectivity index (χ0) is 8.97. The SMILES string of the molecule is [CH]=C(SC#N)c1ccc(F)cc1. The first kappa shape index (κ1) is 8.82. The second-order valence-corrected chi connectivity index (χ2v) is 2.89. The topological polar surface area (TPSA) is 23.8 Å². The predicted octanol–water partition coefficient (Wildman–Crippen LogP) is 2.81. The number of hydrogen-bond acceptors (Lipinski definition) is 2. The number of halogens is 1. The third-order valence-corrected chi connectivity index (χ3v) is 1.83. The molecule has 0 aliphatic rings. The van der Waals surface area contributed by atoms with E-state index in [9.17, 15) is 4.39 Å². The van der Waals surface area contributed by atoms with Gasteiger partial charge in [-0.3, -0.25) is 0 Å². The summed E-state index contributed by atoms with van der Waals surface area (Å²) in [5.74, 6) is -0.312. The highest BCUT2D eigenvalue weighted by Crippen LogP contribution is 2.23. The van der Waals surface area contributed by atoms with Crippen LogP contribution in [-0.4, -0.2) is 0 Å². The van der Waals surface area contributed by atoms with Gasteiger partial charge in [-0.2, -0.15) is 5.26 Å². The van der Waals surface area contributed by atoms with Gasteiger partial charge in [0.15, 0.2) is 0 Å². The molecule has 1 rings (SSSR count). The molecule has 3 heteroatoms. The van der Waals surface area contributed by atoms with Gasteiger partial charge in [0.2, 0.25) is 0 Å². The minimum Gasteiger partial charge on any atom is -0.207 e. The molecule has 0 N–H and O–H groups in total. The molecule has 0 aromatic heterocycles. The molecule has 1 nitrogen and oxygen atoms in total. The van der Waals surface area contributed by atoms with Crippen LogP contribution in [0.15, 0.2) is 24.3 Å². The van der Waals surface area contributed by atoms with Crippen molar-refractivity contribution in [2.24, 2.45) is 0 Å². The van der Waals surface area contributed by atoms with E-state index in [0.29, 0.717) is 10.5 Å². The Balaban J connectivity index is 2.84. The molecule has 0 fully saturated rings. The van der Waals surface area contributed by atoms with E-state index in [1.165, 1.54) is 24.3 Å². The lowest BCUT2D eigenvalue weighted by Crippen LogP contribution is -1.78. The third kappa shape index (κ3) is 2.11. The molecule has 0 heterocycles. The molecule has 1 aromatic rings. The lowest BCUT2D eigenvalue weighted by Gasteiger charge is -1.97. The summed E-state index contributed by atoms with van der Waals surface area (Å²) in [4.78, 5) is 0.387. The normalized spacial score (nSPS) is 9.00. The van der Waals surface area contributed by atoms with Crippen LogP contribution in [-0.2, 0) is 0 Å². The zero-order valence-corrected chi connectivity index (χ0v) is 6.94. The van der Waals surface area contributed by atoms with Gasteiger partial charge in [0, 0.05) is 4.91 Å². The molecule has 1 aromatic carbocycles. The minimum atomic E-state index is -0.312. The van der Waals surface area contributed by atoms with Crippen LogP contribution in [0.1, 0.15) is 5.56 Å². The summed E-state index contributed by atoms with van der Waals surface area (Å²) in [6.45, 7) is 5.49. The minimum absolute atomic E-state index is 0.312. The Morgan fingerprint density at radius 1 is 1.42 bits per heavy atom. The largest absolute Gasteiger partial charge is 0.207 e. The Labute approximate surface area is 74.5 Å². The fraction of sp³-hybridized carbons (Fsp3) is 0. The van der Waals surface area contributed by atoms with Crippen LogP contribution in [0, 0.1) is 23.1 Å². The molecule has 0 aliphatic heterocycles. The summed E-state index contributed by atoms with van der Waals surface area (Å²) >= 11 is 0.868. The van der Waals surface area contributed by atoms with E-state index in [0.717, 1.165) is 11.8 Å². The number of thioether (sulfide) groups is 1. The quantitative estimate of drug-likeness (QED) is 0.650. The van der Waals surface area contributed by atoms with Gasteiger partial charge in [-0.25, -0.2) is 4.39 Å². The second kappa shape index (κ2) is 3.93. The van der Waals surface area contributed by atoms with Crippen molar-refractivity contribution in [1.29, 1.82) is 5.26 Å². The van der Waals surface area contributed by atoms with E-state index >= 15 is 0 Å². The molecule has 59 valence electrons. The highest BCUT2D eigenvalue weighted by Gasteiger charge is 1.98. The Morgan fingerprint density at radius 2 is 2.00 bits per heavy atom. The highest BCUT2D eigenvalue weighted by atomic mass is 32.2. The van der Waals surface area contributed by atoms with Crippen molar-refractivity contribution in [3.8, 4) is 5.40 Å². The van der Waals surface area contributed by atoms with E-state index in [1.807, 2.05) is 5.40 Å². The molecule has 0 bridgehead atoms. The summed E-state index contributed by atoms with van der Waals surface area (Å²) in [6, 6.07) is 5.68. The highest BCUT2D eigenvalue weighted by molar-refractivity contribution is 8.12. The molecule has 0 atom stereocenters. The summed E-state index contributed by atoms with van der Waals surface area (Å²) in [6.07, 6.45) is 0. The molecule has 0 aliphatic carbocycles. The van der Waals surface area contributed by atoms with Crippen LogP contribution in [0.5, 0.6) is 0 Å². The average Bonchev–Trinajstić information content (AvgIpc) is 2.06. The molecule has 0 amide bonds. The van der Waals surface area contributed by atoms with Crippen LogP contribution in [0.4, 0.5) is 4.39 Å². The number of hydrogen-bond donors (Lipinski definition) is 0. The van der Waals surface area contributed by atoms with Crippen molar-refractivity contribution < 1.29 is 4.39 Å². The summed E-state index contributed by atoms with van der Waals surface area (Å²) in [7, 11) is 0. The average molecular weight is 178 g/mol. The number of thiocyanates is 1. The number of benzene rings is 1. The van der Waals surface area contributed by atoms with E-state index in [2.05, 4.69) is 0 Å².